The van der Waals surface area contributed by atoms with Crippen LogP contribution in [0.15, 0.2) is 47.9 Å². The monoisotopic (exact) mass is 355 g/mol. The molecule has 1 aromatic heterocycles. The molecule has 0 fully saturated rings. The van der Waals surface area contributed by atoms with Gasteiger partial charge < -0.3 is 15.0 Å². The first kappa shape index (κ1) is 18.7. The number of thiophene rings is 1. The van der Waals surface area contributed by atoms with Crippen LogP contribution in [-0.4, -0.2) is 38.1 Å². The van der Waals surface area contributed by atoms with Crippen LogP contribution < -0.4 is 10.1 Å². The lowest BCUT2D eigenvalue weighted by molar-refractivity contribution is -0.116. The molecule has 0 bridgehead atoms. The van der Waals surface area contributed by atoms with E-state index in [0.29, 0.717) is 12.3 Å². The highest BCUT2D eigenvalue weighted by atomic mass is 32.1. The lowest BCUT2D eigenvalue weighted by Crippen LogP contribution is -2.33. The van der Waals surface area contributed by atoms with Gasteiger partial charge in [0.2, 0.25) is 5.91 Å². The van der Waals surface area contributed by atoms with Gasteiger partial charge in [0.1, 0.15) is 11.8 Å². The summed E-state index contributed by atoms with van der Waals surface area (Å²) in [5.74, 6) is 0.501. The van der Waals surface area contributed by atoms with E-state index in [9.17, 15) is 4.79 Å². The lowest BCUT2D eigenvalue weighted by Gasteiger charge is -2.23. The molecule has 2 aromatic rings. The molecule has 1 N–H and O–H groups in total. The SMILES string of the molecule is CN(C)C(CNC(=O)/C=C/c1ccc(OCC#N)cc1)c1cccs1. The Bertz CT molecular complexity index is 731. The van der Waals surface area contributed by atoms with Crippen molar-refractivity contribution in [3.05, 3.63) is 58.3 Å². The van der Waals surface area contributed by atoms with E-state index in [0.717, 1.165) is 5.56 Å². The molecule has 6 heteroatoms. The predicted octanol–water partition coefficient (Wildman–Crippen LogP) is 3.08. The summed E-state index contributed by atoms with van der Waals surface area (Å²) in [4.78, 5) is 15.4. The molecular formula is C19H21N3O2S. The highest BCUT2D eigenvalue weighted by Gasteiger charge is 2.15. The molecule has 5 nitrogen and oxygen atoms in total. The Hall–Kier alpha value is -2.62. The van der Waals surface area contributed by atoms with Crippen LogP contribution in [0.5, 0.6) is 5.75 Å². The van der Waals surface area contributed by atoms with Crippen LogP contribution in [0.4, 0.5) is 0 Å². The molecule has 0 aliphatic heterocycles. The van der Waals surface area contributed by atoms with Crippen molar-refractivity contribution in [3.8, 4) is 11.8 Å². The van der Waals surface area contributed by atoms with Crippen molar-refractivity contribution in [2.75, 3.05) is 27.2 Å². The van der Waals surface area contributed by atoms with E-state index in [-0.39, 0.29) is 18.6 Å². The van der Waals surface area contributed by atoms with E-state index in [1.165, 1.54) is 11.0 Å². The summed E-state index contributed by atoms with van der Waals surface area (Å²) < 4.78 is 5.19. The van der Waals surface area contributed by atoms with Crippen molar-refractivity contribution in [3.63, 3.8) is 0 Å². The van der Waals surface area contributed by atoms with E-state index in [1.54, 1.807) is 29.5 Å². The van der Waals surface area contributed by atoms with Crippen LogP contribution >= 0.6 is 11.3 Å². The summed E-state index contributed by atoms with van der Waals surface area (Å²) in [5, 5.41) is 13.5. The third kappa shape index (κ3) is 6.07. The number of rotatable bonds is 8. The minimum atomic E-state index is -0.131. The molecule has 1 heterocycles. The number of likely N-dealkylation sites (N-methyl/N-ethyl adjacent to an activating group) is 1. The molecule has 0 saturated carbocycles. The number of ether oxygens (including phenoxy) is 1. The zero-order chi connectivity index (χ0) is 18.1. The van der Waals surface area contributed by atoms with Crippen molar-refractivity contribution in [2.45, 2.75) is 6.04 Å². The first-order valence-electron chi connectivity index (χ1n) is 7.85. The van der Waals surface area contributed by atoms with Gasteiger partial charge in [-0.15, -0.1) is 11.3 Å². The Morgan fingerprint density at radius 1 is 1.36 bits per heavy atom. The van der Waals surface area contributed by atoms with Crippen molar-refractivity contribution in [1.29, 1.82) is 5.26 Å². The van der Waals surface area contributed by atoms with Crippen LogP contribution in [0, 0.1) is 11.3 Å². The number of carbonyl (C=O) groups is 1. The van der Waals surface area contributed by atoms with Crippen LogP contribution in [0.2, 0.25) is 0 Å². The normalized spacial score (nSPS) is 12.1. The topological polar surface area (TPSA) is 65.4 Å². The quantitative estimate of drug-likeness (QED) is 0.739. The van der Waals surface area contributed by atoms with Crippen molar-refractivity contribution in [1.82, 2.24) is 10.2 Å². The molecule has 25 heavy (non-hydrogen) atoms. The highest BCUT2D eigenvalue weighted by Crippen LogP contribution is 2.22. The first-order valence-corrected chi connectivity index (χ1v) is 8.73. The fourth-order valence-corrected chi connectivity index (χ4v) is 3.16. The molecule has 2 rings (SSSR count). The molecular weight excluding hydrogens is 334 g/mol. The van der Waals surface area contributed by atoms with Gasteiger partial charge in [-0.05, 0) is 49.3 Å². The Morgan fingerprint density at radius 3 is 2.72 bits per heavy atom. The minimum absolute atomic E-state index is 0.0227. The number of amides is 1. The fraction of sp³-hybridized carbons (Fsp3) is 0.263. The van der Waals surface area contributed by atoms with Gasteiger partial charge in [-0.1, -0.05) is 18.2 Å². The van der Waals surface area contributed by atoms with Crippen LogP contribution in [0.25, 0.3) is 6.08 Å². The summed E-state index contributed by atoms with van der Waals surface area (Å²) in [5.41, 5.74) is 0.891. The Labute approximate surface area is 152 Å². The summed E-state index contributed by atoms with van der Waals surface area (Å²) in [6.07, 6.45) is 3.27. The van der Waals surface area contributed by atoms with E-state index in [2.05, 4.69) is 16.3 Å². The minimum Gasteiger partial charge on any atom is -0.479 e. The summed E-state index contributed by atoms with van der Waals surface area (Å²) in [6.45, 7) is 0.576. The van der Waals surface area contributed by atoms with E-state index in [1.807, 2.05) is 43.7 Å². The molecule has 1 amide bonds. The second kappa shape index (κ2) is 9.62. The van der Waals surface area contributed by atoms with Gasteiger partial charge in [-0.25, -0.2) is 0 Å². The number of carbonyl (C=O) groups excluding carboxylic acids is 1. The molecule has 0 aliphatic rings. The van der Waals surface area contributed by atoms with E-state index < -0.39 is 0 Å². The van der Waals surface area contributed by atoms with Crippen LogP contribution in [0.1, 0.15) is 16.5 Å². The van der Waals surface area contributed by atoms with E-state index in [4.69, 9.17) is 10.00 Å². The average Bonchev–Trinajstić information content (AvgIpc) is 3.13. The second-order valence-electron chi connectivity index (χ2n) is 5.59. The van der Waals surface area contributed by atoms with Gasteiger partial charge >= 0.3 is 0 Å². The van der Waals surface area contributed by atoms with Crippen LogP contribution in [-0.2, 0) is 4.79 Å². The molecule has 0 aliphatic carbocycles. The zero-order valence-corrected chi connectivity index (χ0v) is 15.1. The summed E-state index contributed by atoms with van der Waals surface area (Å²) in [7, 11) is 4.00. The van der Waals surface area contributed by atoms with Gasteiger partial charge in [0, 0.05) is 17.5 Å². The zero-order valence-electron chi connectivity index (χ0n) is 14.3. The summed E-state index contributed by atoms with van der Waals surface area (Å²) >= 11 is 1.69. The Kier molecular flexibility index (Phi) is 7.20. The van der Waals surface area contributed by atoms with Gasteiger partial charge in [0.05, 0.1) is 6.04 Å². The Morgan fingerprint density at radius 2 is 2.12 bits per heavy atom. The first-order chi connectivity index (χ1) is 12.1. The van der Waals surface area contributed by atoms with Crippen molar-refractivity contribution < 1.29 is 9.53 Å². The van der Waals surface area contributed by atoms with Gasteiger partial charge in [0.15, 0.2) is 6.61 Å². The van der Waals surface area contributed by atoms with Crippen molar-refractivity contribution >= 4 is 23.3 Å². The number of benzene rings is 1. The fourth-order valence-electron chi connectivity index (χ4n) is 2.24. The van der Waals surface area contributed by atoms with Gasteiger partial charge in [-0.3, -0.25) is 4.79 Å². The molecule has 1 atom stereocenters. The maximum Gasteiger partial charge on any atom is 0.244 e. The number of nitrogens with one attached hydrogen (secondary N) is 1. The molecule has 0 radical (unpaired) electrons. The third-order valence-corrected chi connectivity index (χ3v) is 4.55. The number of nitriles is 1. The van der Waals surface area contributed by atoms with Gasteiger partial charge in [0.25, 0.3) is 0 Å². The standard InChI is InChI=1S/C19H21N3O2S/c1-22(2)17(18-4-3-13-25-18)14-21-19(23)10-7-15-5-8-16(9-6-15)24-12-11-20/h3-10,13,17H,12,14H2,1-2H3,(H,21,23)/b10-7+. The lowest BCUT2D eigenvalue weighted by atomic mass is 10.2. The highest BCUT2D eigenvalue weighted by molar-refractivity contribution is 7.10. The molecule has 1 unspecified atom stereocenters. The summed E-state index contributed by atoms with van der Waals surface area (Å²) in [6, 6.07) is 13.4. The molecule has 0 saturated heterocycles. The van der Waals surface area contributed by atoms with E-state index >= 15 is 0 Å². The Balaban J connectivity index is 1.86. The predicted molar refractivity (Wildman–Crippen MR) is 100 cm³/mol. The van der Waals surface area contributed by atoms with Crippen LogP contribution in [0.3, 0.4) is 0 Å². The molecule has 1 aromatic carbocycles. The molecule has 130 valence electrons. The second-order valence-corrected chi connectivity index (χ2v) is 6.57. The largest absolute Gasteiger partial charge is 0.479 e. The molecule has 0 spiro atoms. The maximum atomic E-state index is 12.0. The van der Waals surface area contributed by atoms with Gasteiger partial charge in [-0.2, -0.15) is 5.26 Å². The van der Waals surface area contributed by atoms with Crippen molar-refractivity contribution in [2.24, 2.45) is 0 Å². The smallest absolute Gasteiger partial charge is 0.244 e. The average molecular weight is 355 g/mol. The number of nitrogens with zero attached hydrogens (tertiary/aromatic N) is 2. The number of hydrogen-bond acceptors (Lipinski definition) is 5. The third-order valence-electron chi connectivity index (χ3n) is 3.58. The number of hydrogen-bond donors (Lipinski definition) is 1. The maximum absolute atomic E-state index is 12.0.